The van der Waals surface area contributed by atoms with Gasteiger partial charge in [-0.25, -0.2) is 9.78 Å². The Balaban J connectivity index is 1.64. The van der Waals surface area contributed by atoms with Gasteiger partial charge in [-0.15, -0.1) is 0 Å². The predicted molar refractivity (Wildman–Crippen MR) is 100 cm³/mol. The fourth-order valence-corrected chi connectivity index (χ4v) is 2.83. The number of aromatic nitrogens is 1. The molecule has 4 rings (SSSR count). The van der Waals surface area contributed by atoms with Crippen LogP contribution in [-0.2, 0) is 9.53 Å². The third-order valence-electron chi connectivity index (χ3n) is 4.38. The Morgan fingerprint density at radius 1 is 1.11 bits per heavy atom. The maximum Gasteiger partial charge on any atom is 0.339 e. The number of esters is 1. The number of rotatable bonds is 5. The van der Waals surface area contributed by atoms with Gasteiger partial charge in [0.25, 0.3) is 5.91 Å². The van der Waals surface area contributed by atoms with E-state index in [1.54, 1.807) is 36.4 Å². The summed E-state index contributed by atoms with van der Waals surface area (Å²) in [5.41, 5.74) is 2.35. The van der Waals surface area contributed by atoms with Crippen molar-refractivity contribution in [2.24, 2.45) is 0 Å². The summed E-state index contributed by atoms with van der Waals surface area (Å²) in [7, 11) is 0. The molecule has 3 aromatic rings. The number of phenolic OH excluding ortho intramolecular Hbond substituents is 1. The van der Waals surface area contributed by atoms with Crippen LogP contribution in [0.1, 0.15) is 23.2 Å². The molecule has 1 aliphatic rings. The smallest absolute Gasteiger partial charge is 0.339 e. The van der Waals surface area contributed by atoms with Crippen molar-refractivity contribution >= 4 is 22.8 Å². The normalized spacial score (nSPS) is 13.3. The minimum atomic E-state index is -0.570. The van der Waals surface area contributed by atoms with E-state index in [4.69, 9.17) is 4.74 Å². The highest BCUT2D eigenvalue weighted by Crippen LogP contribution is 2.26. The van der Waals surface area contributed by atoms with Crippen molar-refractivity contribution in [3.63, 3.8) is 0 Å². The van der Waals surface area contributed by atoms with E-state index in [0.29, 0.717) is 22.2 Å². The highest BCUT2D eigenvalue weighted by Gasteiger charge is 2.24. The minimum absolute atomic E-state index is 0.154. The highest BCUT2D eigenvalue weighted by molar-refractivity contribution is 6.05. The molecule has 0 atom stereocenters. The first kappa shape index (κ1) is 17.0. The molecule has 0 spiro atoms. The third-order valence-corrected chi connectivity index (χ3v) is 4.38. The summed E-state index contributed by atoms with van der Waals surface area (Å²) in [6, 6.07) is 15.7. The zero-order valence-electron chi connectivity index (χ0n) is 14.5. The van der Waals surface area contributed by atoms with E-state index < -0.39 is 5.97 Å². The third kappa shape index (κ3) is 3.89. The largest absolute Gasteiger partial charge is 0.508 e. The summed E-state index contributed by atoms with van der Waals surface area (Å²) >= 11 is 0. The summed E-state index contributed by atoms with van der Waals surface area (Å²) in [6.45, 7) is -0.305. The zero-order valence-corrected chi connectivity index (χ0v) is 14.5. The molecule has 2 aromatic carbocycles. The van der Waals surface area contributed by atoms with Crippen LogP contribution in [-0.4, -0.2) is 34.6 Å². The first-order valence-corrected chi connectivity index (χ1v) is 8.76. The number of nitrogens with zero attached hydrogens (tertiary/aromatic N) is 1. The number of aromatic hydroxyl groups is 1. The van der Waals surface area contributed by atoms with Crippen molar-refractivity contribution in [2.75, 3.05) is 6.61 Å². The predicted octanol–water partition coefficient (Wildman–Crippen LogP) is 3.04. The number of amides is 1. The number of phenols is 1. The van der Waals surface area contributed by atoms with Gasteiger partial charge < -0.3 is 15.2 Å². The molecule has 0 radical (unpaired) electrons. The second kappa shape index (κ2) is 7.07. The van der Waals surface area contributed by atoms with Gasteiger partial charge in [0, 0.05) is 17.0 Å². The molecule has 0 bridgehead atoms. The number of ether oxygens (including phenoxy) is 1. The Bertz CT molecular complexity index is 1010. The van der Waals surface area contributed by atoms with Crippen LogP contribution in [0.3, 0.4) is 0 Å². The first-order valence-electron chi connectivity index (χ1n) is 8.76. The number of benzene rings is 2. The molecule has 6 heteroatoms. The molecule has 27 heavy (non-hydrogen) atoms. The van der Waals surface area contributed by atoms with Crippen LogP contribution in [0.25, 0.3) is 22.2 Å². The topological polar surface area (TPSA) is 88.5 Å². The lowest BCUT2D eigenvalue weighted by atomic mass is 10.0. The lowest BCUT2D eigenvalue weighted by Crippen LogP contribution is -2.30. The van der Waals surface area contributed by atoms with Gasteiger partial charge in [-0.1, -0.05) is 18.2 Å². The average molecular weight is 362 g/mol. The van der Waals surface area contributed by atoms with Crippen LogP contribution >= 0.6 is 0 Å². The quantitative estimate of drug-likeness (QED) is 0.681. The van der Waals surface area contributed by atoms with Crippen molar-refractivity contribution in [3.8, 4) is 17.0 Å². The van der Waals surface area contributed by atoms with Crippen LogP contribution < -0.4 is 5.32 Å². The number of fused-ring (bicyclic) bond motifs is 1. The van der Waals surface area contributed by atoms with E-state index in [-0.39, 0.29) is 24.3 Å². The van der Waals surface area contributed by atoms with E-state index in [1.807, 2.05) is 18.2 Å². The summed E-state index contributed by atoms with van der Waals surface area (Å²) in [5.74, 6) is -0.705. The molecular weight excluding hydrogens is 344 g/mol. The van der Waals surface area contributed by atoms with Crippen LogP contribution in [0.5, 0.6) is 5.75 Å². The average Bonchev–Trinajstić information content (AvgIpc) is 3.49. The Kier molecular flexibility index (Phi) is 4.46. The van der Waals surface area contributed by atoms with E-state index in [2.05, 4.69) is 10.3 Å². The zero-order chi connectivity index (χ0) is 18.8. The monoisotopic (exact) mass is 362 g/mol. The van der Waals surface area contributed by atoms with E-state index in [1.165, 1.54) is 0 Å². The molecule has 1 aliphatic carbocycles. The van der Waals surface area contributed by atoms with Crippen LogP contribution in [0.4, 0.5) is 0 Å². The molecule has 0 aliphatic heterocycles. The molecule has 0 unspecified atom stereocenters. The molecule has 136 valence electrons. The number of nitrogens with one attached hydrogen (secondary N) is 1. The first-order chi connectivity index (χ1) is 13.1. The molecule has 1 saturated carbocycles. The van der Waals surface area contributed by atoms with Gasteiger partial charge in [-0.2, -0.15) is 0 Å². The molecule has 1 amide bonds. The Hall–Kier alpha value is -3.41. The number of hydrogen-bond donors (Lipinski definition) is 2. The van der Waals surface area contributed by atoms with Crippen LogP contribution in [0.2, 0.25) is 0 Å². The van der Waals surface area contributed by atoms with Gasteiger partial charge in [-0.05, 0) is 49.2 Å². The van der Waals surface area contributed by atoms with Crippen molar-refractivity contribution < 1.29 is 19.4 Å². The SMILES string of the molecule is O=C(COC(=O)c1cc(-c2ccc(O)cc2)nc2ccccc12)NC1CC1. The van der Waals surface area contributed by atoms with Crippen molar-refractivity contribution in [1.82, 2.24) is 10.3 Å². The fourth-order valence-electron chi connectivity index (χ4n) is 2.83. The van der Waals surface area contributed by atoms with Crippen molar-refractivity contribution in [2.45, 2.75) is 18.9 Å². The summed E-state index contributed by atoms with van der Waals surface area (Å²) in [4.78, 5) is 29.0. The molecule has 1 heterocycles. The fraction of sp³-hybridized carbons (Fsp3) is 0.190. The van der Waals surface area contributed by atoms with Gasteiger partial charge in [0.2, 0.25) is 0 Å². The Morgan fingerprint density at radius 2 is 1.85 bits per heavy atom. The van der Waals surface area contributed by atoms with Crippen molar-refractivity contribution in [1.29, 1.82) is 0 Å². The summed E-state index contributed by atoms with van der Waals surface area (Å²) in [5, 5.41) is 12.9. The summed E-state index contributed by atoms with van der Waals surface area (Å²) in [6.07, 6.45) is 1.95. The Morgan fingerprint density at radius 3 is 2.59 bits per heavy atom. The molecule has 6 nitrogen and oxygen atoms in total. The molecular formula is C21H18N2O4. The maximum atomic E-state index is 12.6. The highest BCUT2D eigenvalue weighted by atomic mass is 16.5. The number of para-hydroxylation sites is 1. The van der Waals surface area contributed by atoms with E-state index in [0.717, 1.165) is 18.4 Å². The van der Waals surface area contributed by atoms with Gasteiger partial charge in [0.1, 0.15) is 5.75 Å². The lowest BCUT2D eigenvalue weighted by molar-refractivity contribution is -0.124. The van der Waals surface area contributed by atoms with E-state index in [9.17, 15) is 14.7 Å². The summed E-state index contributed by atoms with van der Waals surface area (Å²) < 4.78 is 5.22. The van der Waals surface area contributed by atoms with Gasteiger partial charge >= 0.3 is 5.97 Å². The van der Waals surface area contributed by atoms with Crippen LogP contribution in [0, 0.1) is 0 Å². The molecule has 2 N–H and O–H groups in total. The molecule has 1 fully saturated rings. The maximum absolute atomic E-state index is 12.6. The van der Waals surface area contributed by atoms with E-state index >= 15 is 0 Å². The van der Waals surface area contributed by atoms with Crippen LogP contribution in [0.15, 0.2) is 54.6 Å². The molecule has 1 aromatic heterocycles. The molecule has 0 saturated heterocycles. The second-order valence-electron chi connectivity index (χ2n) is 6.54. The van der Waals surface area contributed by atoms with Gasteiger partial charge in [0.15, 0.2) is 6.61 Å². The van der Waals surface area contributed by atoms with Gasteiger partial charge in [0.05, 0.1) is 16.8 Å². The lowest BCUT2D eigenvalue weighted by Gasteiger charge is -2.10. The van der Waals surface area contributed by atoms with Crippen molar-refractivity contribution in [3.05, 3.63) is 60.2 Å². The Labute approximate surface area is 155 Å². The number of pyridine rings is 1. The minimum Gasteiger partial charge on any atom is -0.508 e. The second-order valence-corrected chi connectivity index (χ2v) is 6.54. The number of hydrogen-bond acceptors (Lipinski definition) is 5. The number of carbonyl (C=O) groups is 2. The standard InChI is InChI=1S/C21H18N2O4/c24-15-9-5-13(6-10-15)19-11-17(16-3-1-2-4-18(16)23-19)21(26)27-12-20(25)22-14-7-8-14/h1-6,9-11,14,24H,7-8,12H2,(H,22,25). The van der Waals surface area contributed by atoms with Gasteiger partial charge in [-0.3, -0.25) is 4.79 Å². The number of carbonyl (C=O) groups excluding carboxylic acids is 2.